The van der Waals surface area contributed by atoms with Gasteiger partial charge in [-0.15, -0.1) is 0 Å². The molecular weight excluding hydrogens is 283 g/mol. The van der Waals surface area contributed by atoms with Gasteiger partial charge in [0.25, 0.3) is 0 Å². The first-order chi connectivity index (χ1) is 9.44. The van der Waals surface area contributed by atoms with Gasteiger partial charge < -0.3 is 4.98 Å². The molecule has 0 unspecified atom stereocenters. The normalized spacial score (nSPS) is 19.4. The molecule has 1 saturated heterocycles. The second-order valence-electron chi connectivity index (χ2n) is 5.30. The van der Waals surface area contributed by atoms with Crippen molar-refractivity contribution in [3.63, 3.8) is 0 Å². The molecule has 1 fully saturated rings. The van der Waals surface area contributed by atoms with Crippen LogP contribution in [-0.2, 0) is 16.4 Å². The van der Waals surface area contributed by atoms with E-state index in [9.17, 15) is 17.6 Å². The van der Waals surface area contributed by atoms with Crippen molar-refractivity contribution in [1.29, 1.82) is 0 Å². The van der Waals surface area contributed by atoms with E-state index in [-0.39, 0.29) is 23.1 Å². The van der Waals surface area contributed by atoms with E-state index in [0.717, 1.165) is 0 Å². The fourth-order valence-corrected chi connectivity index (χ4v) is 4.28. The Morgan fingerprint density at radius 3 is 2.70 bits per heavy atom. The predicted molar refractivity (Wildman–Crippen MR) is 73.9 cm³/mol. The van der Waals surface area contributed by atoms with Crippen molar-refractivity contribution in [3.05, 3.63) is 34.5 Å². The Bertz CT molecular complexity index is 793. The second-order valence-corrected chi connectivity index (χ2v) is 7.60. The summed E-state index contributed by atoms with van der Waals surface area (Å²) in [5.74, 6) is 0.0849. The summed E-state index contributed by atoms with van der Waals surface area (Å²) in [6.45, 7) is 0.428. The van der Waals surface area contributed by atoms with Crippen LogP contribution in [0.15, 0.2) is 23.0 Å². The first-order valence-corrected chi connectivity index (χ1v) is 8.35. The smallest absolute Gasteiger partial charge is 0.306 e. The third kappa shape index (κ3) is 2.49. The van der Waals surface area contributed by atoms with Gasteiger partial charge in [-0.1, -0.05) is 0 Å². The molecule has 0 atom stereocenters. The minimum absolute atomic E-state index is 0.137. The molecule has 1 aromatic carbocycles. The number of aromatic amines is 1. The highest BCUT2D eigenvalue weighted by atomic mass is 32.2. The van der Waals surface area contributed by atoms with E-state index in [1.165, 1.54) is 22.8 Å². The molecule has 7 heteroatoms. The number of nitrogens with one attached hydrogen (secondary N) is 1. The Morgan fingerprint density at radius 2 is 2.00 bits per heavy atom. The number of benzene rings is 1. The van der Waals surface area contributed by atoms with Crippen molar-refractivity contribution >= 4 is 20.9 Å². The lowest BCUT2D eigenvalue weighted by atomic mass is 10.0. The highest BCUT2D eigenvalue weighted by molar-refractivity contribution is 7.91. The second kappa shape index (κ2) is 4.73. The van der Waals surface area contributed by atoms with Crippen molar-refractivity contribution in [1.82, 2.24) is 9.55 Å². The maximum Gasteiger partial charge on any atom is 0.326 e. The van der Waals surface area contributed by atoms with Crippen LogP contribution in [0, 0.1) is 11.7 Å². The Kier molecular flexibility index (Phi) is 3.16. The highest BCUT2D eigenvalue weighted by Gasteiger charge is 2.24. The van der Waals surface area contributed by atoms with E-state index >= 15 is 0 Å². The van der Waals surface area contributed by atoms with Crippen molar-refractivity contribution < 1.29 is 12.8 Å². The predicted octanol–water partition coefficient (Wildman–Crippen LogP) is 1.29. The first kappa shape index (κ1) is 13.4. The Hall–Kier alpha value is -1.63. The molecular formula is C13H15FN2O3S. The quantitative estimate of drug-likeness (QED) is 0.908. The summed E-state index contributed by atoms with van der Waals surface area (Å²) in [4.78, 5) is 14.6. The molecule has 0 radical (unpaired) electrons. The summed E-state index contributed by atoms with van der Waals surface area (Å²) >= 11 is 0. The molecule has 1 aliphatic rings. The number of imidazole rings is 1. The van der Waals surface area contributed by atoms with Gasteiger partial charge in [-0.05, 0) is 37.0 Å². The van der Waals surface area contributed by atoms with Gasteiger partial charge in [0.15, 0.2) is 0 Å². The van der Waals surface area contributed by atoms with Gasteiger partial charge in [-0.2, -0.15) is 0 Å². The summed E-state index contributed by atoms with van der Waals surface area (Å²) in [6, 6.07) is 4.16. The Balaban J connectivity index is 1.90. The van der Waals surface area contributed by atoms with E-state index < -0.39 is 15.7 Å². The number of H-pyrrole nitrogens is 1. The van der Waals surface area contributed by atoms with Crippen LogP contribution in [0.2, 0.25) is 0 Å². The zero-order valence-electron chi connectivity index (χ0n) is 10.8. The fraction of sp³-hybridized carbons (Fsp3) is 0.462. The van der Waals surface area contributed by atoms with Gasteiger partial charge in [-0.3, -0.25) is 4.57 Å². The largest absolute Gasteiger partial charge is 0.326 e. The number of hydrogen-bond acceptors (Lipinski definition) is 3. The van der Waals surface area contributed by atoms with Gasteiger partial charge >= 0.3 is 5.69 Å². The molecule has 1 N–H and O–H groups in total. The summed E-state index contributed by atoms with van der Waals surface area (Å²) < 4.78 is 37.6. The van der Waals surface area contributed by atoms with Crippen molar-refractivity contribution in [3.8, 4) is 0 Å². The van der Waals surface area contributed by atoms with Crippen LogP contribution in [-0.4, -0.2) is 29.5 Å². The van der Waals surface area contributed by atoms with Crippen molar-refractivity contribution in [2.24, 2.45) is 5.92 Å². The molecule has 5 nitrogen and oxygen atoms in total. The molecule has 0 amide bonds. The lowest BCUT2D eigenvalue weighted by Crippen LogP contribution is -2.29. The zero-order valence-corrected chi connectivity index (χ0v) is 11.6. The molecule has 0 aliphatic carbocycles. The maximum absolute atomic E-state index is 13.3. The van der Waals surface area contributed by atoms with Crippen LogP contribution in [0.25, 0.3) is 11.0 Å². The summed E-state index contributed by atoms with van der Waals surface area (Å²) in [7, 11) is -2.91. The number of halogens is 1. The Labute approximate surface area is 115 Å². The fourth-order valence-electron chi connectivity index (χ4n) is 2.69. The van der Waals surface area contributed by atoms with Crippen LogP contribution >= 0.6 is 0 Å². The van der Waals surface area contributed by atoms with Crippen molar-refractivity contribution in [2.75, 3.05) is 11.5 Å². The number of rotatable bonds is 2. The van der Waals surface area contributed by atoms with E-state index in [0.29, 0.717) is 30.4 Å². The van der Waals surface area contributed by atoms with Gasteiger partial charge in [-0.25, -0.2) is 17.6 Å². The summed E-state index contributed by atoms with van der Waals surface area (Å²) in [5, 5.41) is 0. The molecule has 3 rings (SSSR count). The van der Waals surface area contributed by atoms with E-state index in [1.54, 1.807) is 0 Å². The molecule has 0 spiro atoms. The molecule has 108 valence electrons. The lowest BCUT2D eigenvalue weighted by molar-refractivity contribution is 0.404. The van der Waals surface area contributed by atoms with E-state index in [1.807, 2.05) is 0 Å². The summed E-state index contributed by atoms with van der Waals surface area (Å²) in [6.07, 6.45) is 1.10. The molecule has 20 heavy (non-hydrogen) atoms. The number of nitrogens with zero attached hydrogens (tertiary/aromatic N) is 1. The molecule has 1 aromatic heterocycles. The number of hydrogen-bond donors (Lipinski definition) is 1. The van der Waals surface area contributed by atoms with Gasteiger partial charge in [0.05, 0.1) is 22.5 Å². The standard InChI is InChI=1S/C13H15FN2O3S/c14-10-1-2-11-12(7-10)16(13(17)15-11)8-9-3-5-20(18,19)6-4-9/h1-2,7,9H,3-6,8H2,(H,15,17). The van der Waals surface area contributed by atoms with E-state index in [2.05, 4.69) is 4.98 Å². The van der Waals surface area contributed by atoms with Crippen LogP contribution < -0.4 is 5.69 Å². The molecule has 2 aromatic rings. The third-order valence-corrected chi connectivity index (χ3v) is 5.57. The topological polar surface area (TPSA) is 71.9 Å². The number of sulfone groups is 1. The van der Waals surface area contributed by atoms with Crippen molar-refractivity contribution in [2.45, 2.75) is 19.4 Å². The van der Waals surface area contributed by atoms with Crippen LogP contribution in [0.4, 0.5) is 4.39 Å². The van der Waals surface area contributed by atoms with Gasteiger partial charge in [0.2, 0.25) is 0 Å². The summed E-state index contributed by atoms with van der Waals surface area (Å²) in [5.41, 5.74) is 0.849. The van der Waals surface area contributed by atoms with Crippen LogP contribution in [0.5, 0.6) is 0 Å². The highest BCUT2D eigenvalue weighted by Crippen LogP contribution is 2.22. The average Bonchev–Trinajstić information content (AvgIpc) is 2.68. The Morgan fingerprint density at radius 1 is 1.30 bits per heavy atom. The zero-order chi connectivity index (χ0) is 14.3. The van der Waals surface area contributed by atoms with Gasteiger partial charge in [0.1, 0.15) is 15.7 Å². The molecule has 1 aliphatic heterocycles. The van der Waals surface area contributed by atoms with E-state index in [4.69, 9.17) is 0 Å². The first-order valence-electron chi connectivity index (χ1n) is 6.53. The minimum atomic E-state index is -2.91. The number of fused-ring (bicyclic) bond motifs is 1. The van der Waals surface area contributed by atoms with Crippen LogP contribution in [0.1, 0.15) is 12.8 Å². The lowest BCUT2D eigenvalue weighted by Gasteiger charge is -2.22. The molecule has 0 bridgehead atoms. The monoisotopic (exact) mass is 298 g/mol. The number of aromatic nitrogens is 2. The SMILES string of the molecule is O=c1[nH]c2ccc(F)cc2n1CC1CCS(=O)(=O)CC1. The van der Waals surface area contributed by atoms with Crippen LogP contribution in [0.3, 0.4) is 0 Å². The molecule has 2 heterocycles. The third-order valence-electron chi connectivity index (χ3n) is 3.85. The minimum Gasteiger partial charge on any atom is -0.306 e. The average molecular weight is 298 g/mol. The molecule has 0 saturated carbocycles. The maximum atomic E-state index is 13.3. The van der Waals surface area contributed by atoms with Gasteiger partial charge in [0, 0.05) is 6.54 Å².